The maximum atomic E-state index is 14.0. The lowest BCUT2D eigenvalue weighted by Crippen LogP contribution is -2.46. The van der Waals surface area contributed by atoms with Crippen LogP contribution in [0.5, 0.6) is 5.75 Å². The van der Waals surface area contributed by atoms with E-state index in [1.165, 1.54) is 32.4 Å². The fourth-order valence-electron chi connectivity index (χ4n) is 6.38. The van der Waals surface area contributed by atoms with Gasteiger partial charge in [-0.25, -0.2) is 4.98 Å². The first-order valence-electron chi connectivity index (χ1n) is 16.5. The highest BCUT2D eigenvalue weighted by Gasteiger charge is 2.35. The number of nitrogens with one attached hydrogen (secondary N) is 4. The van der Waals surface area contributed by atoms with Crippen molar-refractivity contribution in [1.82, 2.24) is 20.5 Å². The number of piperazine rings is 1. The van der Waals surface area contributed by atoms with E-state index in [9.17, 15) is 27.6 Å². The average Bonchev–Trinajstić information content (AvgIpc) is 3.12. The molecule has 51 heavy (non-hydrogen) atoms. The Kier molecular flexibility index (Phi) is 10.4. The molecule has 2 aliphatic rings. The van der Waals surface area contributed by atoms with Crippen molar-refractivity contribution in [3.8, 4) is 5.75 Å². The number of ether oxygens (including phenoxy) is 1. The molecule has 2 saturated heterocycles. The van der Waals surface area contributed by atoms with Crippen LogP contribution in [0.25, 0.3) is 0 Å². The van der Waals surface area contributed by atoms with E-state index >= 15 is 0 Å². The van der Waals surface area contributed by atoms with Gasteiger partial charge in [0.25, 0.3) is 5.91 Å². The molecule has 3 aromatic carbocycles. The van der Waals surface area contributed by atoms with Gasteiger partial charge in [-0.05, 0) is 41.8 Å². The first-order valence-corrected chi connectivity index (χ1v) is 16.5. The minimum atomic E-state index is -4.70. The smallest absolute Gasteiger partial charge is 0.419 e. The highest BCUT2D eigenvalue weighted by atomic mass is 19.4. The molecule has 0 aliphatic carbocycles. The number of hydrogen-bond acceptors (Lipinski definition) is 9. The fourth-order valence-corrected chi connectivity index (χ4v) is 6.38. The van der Waals surface area contributed by atoms with E-state index in [0.717, 1.165) is 55.7 Å². The molecule has 11 nitrogen and oxygen atoms in total. The van der Waals surface area contributed by atoms with E-state index in [0.29, 0.717) is 24.3 Å². The van der Waals surface area contributed by atoms with Crippen molar-refractivity contribution in [2.45, 2.75) is 31.5 Å². The minimum Gasteiger partial charge on any atom is -0.494 e. The summed E-state index contributed by atoms with van der Waals surface area (Å²) >= 11 is 0. The minimum absolute atomic E-state index is 0.143. The second kappa shape index (κ2) is 15.1. The Bertz CT molecular complexity index is 1930. The zero-order valence-electron chi connectivity index (χ0n) is 28.1. The molecule has 266 valence electrons. The fraction of sp³-hybridized carbons (Fsp3) is 0.297. The van der Waals surface area contributed by atoms with Gasteiger partial charge in [0.1, 0.15) is 11.6 Å². The van der Waals surface area contributed by atoms with Crippen LogP contribution < -0.4 is 30.9 Å². The number of pyridine rings is 1. The second-order valence-electron chi connectivity index (χ2n) is 12.4. The third-order valence-corrected chi connectivity index (χ3v) is 9.06. The normalized spacial score (nSPS) is 16.7. The van der Waals surface area contributed by atoms with Gasteiger partial charge in [-0.2, -0.15) is 13.2 Å². The zero-order chi connectivity index (χ0) is 36.1. The second-order valence-corrected chi connectivity index (χ2v) is 12.4. The van der Waals surface area contributed by atoms with E-state index in [-0.39, 0.29) is 40.5 Å². The summed E-state index contributed by atoms with van der Waals surface area (Å²) in [7, 11) is 2.97. The summed E-state index contributed by atoms with van der Waals surface area (Å²) < 4.78 is 47.6. The van der Waals surface area contributed by atoms with Crippen LogP contribution in [-0.4, -0.2) is 67.9 Å². The summed E-state index contributed by atoms with van der Waals surface area (Å²) in [5, 5.41) is 10.8. The Morgan fingerprint density at radius 2 is 1.73 bits per heavy atom. The Morgan fingerprint density at radius 3 is 2.45 bits per heavy atom. The highest BCUT2D eigenvalue weighted by Crippen LogP contribution is 2.39. The van der Waals surface area contributed by atoms with Gasteiger partial charge >= 0.3 is 6.18 Å². The number of hydrogen-bond donors (Lipinski definition) is 4. The molecular formula is C37H38F3N7O4. The van der Waals surface area contributed by atoms with Crippen LogP contribution in [0.15, 0.2) is 79.0 Å². The number of anilines is 5. The van der Waals surface area contributed by atoms with Gasteiger partial charge in [0.2, 0.25) is 11.8 Å². The predicted molar refractivity (Wildman–Crippen MR) is 188 cm³/mol. The Balaban J connectivity index is 1.12. The van der Waals surface area contributed by atoms with Crippen molar-refractivity contribution < 1.29 is 32.3 Å². The van der Waals surface area contributed by atoms with Gasteiger partial charge < -0.3 is 25.6 Å². The SMILES string of the molecule is CNC(=O)c1ccccc1Nc1cc(Nc2ccc(N3CCN(Cc4cccc(C5CCC(=O)NC5=O)c4)CC3)cc2OC)ncc1C(F)(F)F. The number of carbonyl (C=O) groups excluding carboxylic acids is 3. The van der Waals surface area contributed by atoms with Crippen molar-refractivity contribution in [1.29, 1.82) is 0 Å². The van der Waals surface area contributed by atoms with Gasteiger partial charge in [-0.1, -0.05) is 36.4 Å². The number of halogens is 3. The summed E-state index contributed by atoms with van der Waals surface area (Å²) in [6.45, 7) is 3.86. The summed E-state index contributed by atoms with van der Waals surface area (Å²) in [6, 6.07) is 21.1. The van der Waals surface area contributed by atoms with Gasteiger partial charge in [-0.15, -0.1) is 0 Å². The first-order chi connectivity index (χ1) is 24.5. The van der Waals surface area contributed by atoms with Crippen LogP contribution in [-0.2, 0) is 22.3 Å². The molecule has 4 aromatic rings. The Hall–Kier alpha value is -5.63. The topological polar surface area (TPSA) is 128 Å². The molecule has 14 heteroatoms. The van der Waals surface area contributed by atoms with Crippen molar-refractivity contribution in [2.24, 2.45) is 0 Å². The van der Waals surface area contributed by atoms with Crippen LogP contribution in [0, 0.1) is 0 Å². The number of carbonyl (C=O) groups is 3. The maximum Gasteiger partial charge on any atom is 0.419 e. The van der Waals surface area contributed by atoms with Crippen LogP contribution in [0.3, 0.4) is 0 Å². The standard InChI is InChI=1S/C37H38F3N7O4/c1-41-35(49)27-8-3-4-9-29(27)43-31-20-33(42-21-28(31)37(38,39)40)44-30-12-10-25(19-32(30)51-2)47-16-14-46(15-17-47)22-23-6-5-7-24(18-23)26-11-13-34(48)45-36(26)50/h3-10,12,18-21,26H,11,13-17,22H2,1-2H3,(H,41,49)(H2,42,43,44)(H,45,48,50). The first kappa shape index (κ1) is 35.2. The summed E-state index contributed by atoms with van der Waals surface area (Å²) in [4.78, 5) is 44.9. The van der Waals surface area contributed by atoms with Gasteiger partial charge in [0.05, 0.1) is 41.2 Å². The number of rotatable bonds is 10. The number of amides is 3. The van der Waals surface area contributed by atoms with Crippen LogP contribution >= 0.6 is 0 Å². The molecule has 4 N–H and O–H groups in total. The van der Waals surface area contributed by atoms with Gasteiger partial charge in [0.15, 0.2) is 0 Å². The number of aromatic nitrogens is 1. The van der Waals surface area contributed by atoms with Crippen LogP contribution in [0.1, 0.15) is 45.8 Å². The number of piperidine rings is 1. The molecule has 0 bridgehead atoms. The van der Waals surface area contributed by atoms with E-state index in [1.807, 2.05) is 30.3 Å². The average molecular weight is 702 g/mol. The highest BCUT2D eigenvalue weighted by molar-refractivity contribution is 6.01. The summed E-state index contributed by atoms with van der Waals surface area (Å²) in [5.74, 6) is -0.604. The van der Waals surface area contributed by atoms with E-state index < -0.39 is 17.6 Å². The molecule has 2 fully saturated rings. The molecule has 6 rings (SSSR count). The van der Waals surface area contributed by atoms with Crippen molar-refractivity contribution in [2.75, 3.05) is 55.9 Å². The molecule has 1 atom stereocenters. The molecule has 3 heterocycles. The lowest BCUT2D eigenvalue weighted by Gasteiger charge is -2.36. The molecule has 0 saturated carbocycles. The third kappa shape index (κ3) is 8.23. The number of methoxy groups -OCH3 is 1. The van der Waals surface area contributed by atoms with Crippen molar-refractivity contribution >= 4 is 46.3 Å². The number of benzene rings is 3. The van der Waals surface area contributed by atoms with Crippen molar-refractivity contribution in [3.05, 3.63) is 101 Å². The molecular weight excluding hydrogens is 663 g/mol. The third-order valence-electron chi connectivity index (χ3n) is 9.06. The summed E-state index contributed by atoms with van der Waals surface area (Å²) in [6.07, 6.45) is -3.09. The number of para-hydroxylation sites is 1. The lowest BCUT2D eigenvalue weighted by atomic mass is 9.89. The molecule has 0 spiro atoms. The molecule has 0 radical (unpaired) electrons. The Labute approximate surface area is 293 Å². The predicted octanol–water partition coefficient (Wildman–Crippen LogP) is 5.80. The quantitative estimate of drug-likeness (QED) is 0.152. The van der Waals surface area contributed by atoms with E-state index in [4.69, 9.17) is 4.74 Å². The van der Waals surface area contributed by atoms with Gasteiger partial charge in [0, 0.05) is 70.2 Å². The molecule has 1 unspecified atom stereocenters. The van der Waals surface area contributed by atoms with E-state index in [1.54, 1.807) is 18.2 Å². The number of nitrogens with zero attached hydrogens (tertiary/aromatic N) is 3. The monoisotopic (exact) mass is 701 g/mol. The molecule has 2 aliphatic heterocycles. The Morgan fingerprint density at radius 1 is 0.941 bits per heavy atom. The number of alkyl halides is 3. The maximum absolute atomic E-state index is 14.0. The lowest BCUT2D eigenvalue weighted by molar-refractivity contribution is -0.137. The van der Waals surface area contributed by atoms with Gasteiger partial charge in [-0.3, -0.25) is 24.6 Å². The molecule has 1 aromatic heterocycles. The van der Waals surface area contributed by atoms with Crippen LogP contribution in [0.4, 0.5) is 41.7 Å². The zero-order valence-corrected chi connectivity index (χ0v) is 28.1. The summed E-state index contributed by atoms with van der Waals surface area (Å²) in [5.41, 5.74) is 2.62. The van der Waals surface area contributed by atoms with Crippen LogP contribution in [0.2, 0.25) is 0 Å². The molecule has 3 amide bonds. The largest absolute Gasteiger partial charge is 0.494 e. The number of imide groups is 1. The van der Waals surface area contributed by atoms with Crippen molar-refractivity contribution in [3.63, 3.8) is 0 Å². The van der Waals surface area contributed by atoms with E-state index in [2.05, 4.69) is 42.1 Å².